The smallest absolute Gasteiger partial charge is 0.268 e. The van der Waals surface area contributed by atoms with Gasteiger partial charge in [0.15, 0.2) is 0 Å². The van der Waals surface area contributed by atoms with Crippen molar-refractivity contribution in [3.63, 3.8) is 0 Å². The molecule has 0 aliphatic rings. The van der Waals surface area contributed by atoms with E-state index in [4.69, 9.17) is 0 Å². The van der Waals surface area contributed by atoms with Gasteiger partial charge in [0.1, 0.15) is 10.5 Å². The number of rotatable bonds is 4. The van der Waals surface area contributed by atoms with Gasteiger partial charge in [-0.25, -0.2) is 4.98 Å². The molecule has 0 bridgehead atoms. The number of nitrogens with zero attached hydrogens (tertiary/aromatic N) is 1. The molecule has 0 unspecified atom stereocenters. The molecule has 2 N–H and O–H groups in total. The lowest BCUT2D eigenvalue weighted by atomic mass is 10.0. The van der Waals surface area contributed by atoms with Crippen LogP contribution in [0.25, 0.3) is 10.2 Å². The fourth-order valence-electron chi connectivity index (χ4n) is 1.45. The first-order chi connectivity index (χ1) is 8.02. The van der Waals surface area contributed by atoms with E-state index in [9.17, 15) is 4.79 Å². The van der Waals surface area contributed by atoms with Crippen LogP contribution in [0.2, 0.25) is 0 Å². The molecule has 0 aliphatic heterocycles. The molecular weight excluding hydrogens is 234 g/mol. The van der Waals surface area contributed by atoms with Crippen LogP contribution in [0.3, 0.4) is 0 Å². The van der Waals surface area contributed by atoms with Crippen LogP contribution in [0.15, 0.2) is 16.2 Å². The Bertz CT molecular complexity index is 570. The van der Waals surface area contributed by atoms with Crippen LogP contribution in [0, 0.1) is 0 Å². The molecule has 92 valence electrons. The number of fused-ring (bicyclic) bond motifs is 1. The Morgan fingerprint density at radius 2 is 2.29 bits per heavy atom. The van der Waals surface area contributed by atoms with Gasteiger partial charge in [0.05, 0.1) is 12.1 Å². The van der Waals surface area contributed by atoms with Gasteiger partial charge < -0.3 is 10.3 Å². The summed E-state index contributed by atoms with van der Waals surface area (Å²) in [5, 5.41) is 5.27. The van der Waals surface area contributed by atoms with Crippen LogP contribution >= 0.6 is 11.3 Å². The number of thiophene rings is 1. The molecule has 0 aliphatic carbocycles. The Morgan fingerprint density at radius 1 is 1.53 bits per heavy atom. The molecule has 0 saturated carbocycles. The van der Waals surface area contributed by atoms with E-state index in [-0.39, 0.29) is 11.1 Å². The summed E-state index contributed by atoms with van der Waals surface area (Å²) in [6, 6.07) is 1.88. The number of hydrogen-bond acceptors (Lipinski definition) is 4. The molecule has 4 nitrogen and oxygen atoms in total. The predicted molar refractivity (Wildman–Crippen MR) is 71.5 cm³/mol. The van der Waals surface area contributed by atoms with Gasteiger partial charge in [-0.1, -0.05) is 6.92 Å². The fourth-order valence-corrected chi connectivity index (χ4v) is 2.18. The van der Waals surface area contributed by atoms with Crippen molar-refractivity contribution in [2.75, 3.05) is 0 Å². The highest BCUT2D eigenvalue weighted by atomic mass is 32.1. The molecular formula is C12H17N3OS. The highest BCUT2D eigenvalue weighted by Gasteiger charge is 2.14. The third kappa shape index (κ3) is 2.73. The van der Waals surface area contributed by atoms with Gasteiger partial charge in [-0.15, -0.1) is 11.3 Å². The van der Waals surface area contributed by atoms with Crippen LogP contribution in [-0.2, 0) is 6.54 Å². The van der Waals surface area contributed by atoms with E-state index in [0.717, 1.165) is 11.9 Å². The van der Waals surface area contributed by atoms with E-state index in [1.807, 2.05) is 11.4 Å². The maximum Gasteiger partial charge on any atom is 0.268 e. The van der Waals surface area contributed by atoms with Crippen LogP contribution < -0.4 is 10.9 Å². The average molecular weight is 251 g/mol. The van der Waals surface area contributed by atoms with Crippen LogP contribution in [-0.4, -0.2) is 15.5 Å². The van der Waals surface area contributed by atoms with Crippen molar-refractivity contribution in [2.24, 2.45) is 0 Å². The van der Waals surface area contributed by atoms with E-state index in [1.54, 1.807) is 0 Å². The zero-order valence-electron chi connectivity index (χ0n) is 10.3. The summed E-state index contributed by atoms with van der Waals surface area (Å²) in [7, 11) is 0. The molecule has 17 heavy (non-hydrogen) atoms. The van der Waals surface area contributed by atoms with Crippen LogP contribution in [0.4, 0.5) is 0 Å². The summed E-state index contributed by atoms with van der Waals surface area (Å²) in [5.41, 5.74) is 0.795. The maximum absolute atomic E-state index is 11.7. The molecule has 0 saturated heterocycles. The van der Waals surface area contributed by atoms with Gasteiger partial charge in [-0.3, -0.25) is 4.79 Å². The van der Waals surface area contributed by atoms with E-state index >= 15 is 0 Å². The second-order valence-electron chi connectivity index (χ2n) is 4.74. The van der Waals surface area contributed by atoms with Crippen molar-refractivity contribution in [1.29, 1.82) is 0 Å². The summed E-state index contributed by atoms with van der Waals surface area (Å²) >= 11 is 1.42. The first-order valence-electron chi connectivity index (χ1n) is 5.73. The monoisotopic (exact) mass is 251 g/mol. The second kappa shape index (κ2) is 4.58. The molecule has 0 aromatic carbocycles. The molecule has 2 aromatic rings. The minimum absolute atomic E-state index is 0.0453. The highest BCUT2D eigenvalue weighted by molar-refractivity contribution is 7.17. The summed E-state index contributed by atoms with van der Waals surface area (Å²) in [6.45, 7) is 6.98. The van der Waals surface area contributed by atoms with Crippen LogP contribution in [0.1, 0.15) is 33.0 Å². The highest BCUT2D eigenvalue weighted by Crippen LogP contribution is 2.14. The number of aromatic amines is 1. The first-order valence-corrected chi connectivity index (χ1v) is 6.61. The largest absolute Gasteiger partial charge is 0.308 e. The Balaban J connectivity index is 2.22. The van der Waals surface area contributed by atoms with Crippen molar-refractivity contribution in [3.8, 4) is 0 Å². The first kappa shape index (κ1) is 12.3. The quantitative estimate of drug-likeness (QED) is 0.876. The fraction of sp³-hybridized carbons (Fsp3) is 0.500. The van der Waals surface area contributed by atoms with E-state index in [1.165, 1.54) is 11.3 Å². The number of hydrogen-bond donors (Lipinski definition) is 2. The van der Waals surface area contributed by atoms with Gasteiger partial charge in [0.2, 0.25) is 0 Å². The van der Waals surface area contributed by atoms with Crippen molar-refractivity contribution < 1.29 is 0 Å². The van der Waals surface area contributed by atoms with Crippen molar-refractivity contribution in [3.05, 3.63) is 27.6 Å². The van der Waals surface area contributed by atoms with Gasteiger partial charge in [-0.2, -0.15) is 0 Å². The van der Waals surface area contributed by atoms with Crippen molar-refractivity contribution in [1.82, 2.24) is 15.3 Å². The lowest BCUT2D eigenvalue weighted by Crippen LogP contribution is -2.38. The lowest BCUT2D eigenvalue weighted by Gasteiger charge is -2.24. The summed E-state index contributed by atoms with van der Waals surface area (Å²) in [4.78, 5) is 19.0. The molecule has 0 atom stereocenters. The zero-order chi connectivity index (χ0) is 12.5. The Kier molecular flexibility index (Phi) is 3.31. The van der Waals surface area contributed by atoms with E-state index in [0.29, 0.717) is 17.1 Å². The Hall–Kier alpha value is -1.20. The van der Waals surface area contributed by atoms with Gasteiger partial charge in [0, 0.05) is 5.54 Å². The molecule has 5 heteroatoms. The van der Waals surface area contributed by atoms with Gasteiger partial charge in [0.25, 0.3) is 5.56 Å². The third-order valence-electron chi connectivity index (χ3n) is 2.98. The maximum atomic E-state index is 11.7. The van der Waals surface area contributed by atoms with Crippen LogP contribution in [0.5, 0.6) is 0 Å². The van der Waals surface area contributed by atoms with E-state index < -0.39 is 0 Å². The van der Waals surface area contributed by atoms with Gasteiger partial charge in [-0.05, 0) is 31.7 Å². The molecule has 2 rings (SSSR count). The topological polar surface area (TPSA) is 57.8 Å². The third-order valence-corrected chi connectivity index (χ3v) is 3.88. The lowest BCUT2D eigenvalue weighted by molar-refractivity contribution is 0.370. The molecule has 0 fully saturated rings. The minimum Gasteiger partial charge on any atom is -0.308 e. The SMILES string of the molecule is CCC(C)(C)NCc1nc2ccsc2c(=O)[nH]1. The second-order valence-corrected chi connectivity index (χ2v) is 5.65. The number of H-pyrrole nitrogens is 1. The standard InChI is InChI=1S/C12H17N3OS/c1-4-12(2,3)13-7-9-14-8-5-6-17-10(8)11(16)15-9/h5-6,13H,4,7H2,1-3H3,(H,14,15,16). The normalized spacial score (nSPS) is 12.2. The van der Waals surface area contributed by atoms with E-state index in [2.05, 4.69) is 36.1 Å². The molecule has 0 radical (unpaired) electrons. The summed E-state index contributed by atoms with van der Waals surface area (Å²) < 4.78 is 0.698. The van der Waals surface area contributed by atoms with Crippen molar-refractivity contribution >= 4 is 21.6 Å². The molecule has 2 heterocycles. The molecule has 0 spiro atoms. The summed E-state index contributed by atoms with van der Waals surface area (Å²) in [5.74, 6) is 0.697. The number of aromatic nitrogens is 2. The average Bonchev–Trinajstić information content (AvgIpc) is 2.75. The van der Waals surface area contributed by atoms with Gasteiger partial charge >= 0.3 is 0 Å². The predicted octanol–water partition coefficient (Wildman–Crippen LogP) is 2.26. The number of nitrogens with one attached hydrogen (secondary N) is 2. The van der Waals surface area contributed by atoms with Crippen molar-refractivity contribution in [2.45, 2.75) is 39.3 Å². The Labute approximate surface area is 104 Å². The molecule has 0 amide bonds. The summed E-state index contributed by atoms with van der Waals surface area (Å²) in [6.07, 6.45) is 1.03. The Morgan fingerprint density at radius 3 is 3.00 bits per heavy atom. The minimum atomic E-state index is -0.0453. The molecule has 2 aromatic heterocycles. The zero-order valence-corrected chi connectivity index (χ0v) is 11.1.